The van der Waals surface area contributed by atoms with E-state index >= 15 is 0 Å². The fourth-order valence-electron chi connectivity index (χ4n) is 5.84. The van der Waals surface area contributed by atoms with E-state index in [1.807, 2.05) is 112 Å². The zero-order valence-corrected chi connectivity index (χ0v) is 25.2. The van der Waals surface area contributed by atoms with E-state index in [2.05, 4.69) is 0 Å². The SMILES string of the molecule is CC(C)(C)OC(=O)N1C2[C@@H](C[C@H]1CO)OC(COCc1ccccc1)[C@@H](OCc1ccccc1)[C@H]2OCc1ccccc1. The summed E-state index contributed by atoms with van der Waals surface area (Å²) in [5.41, 5.74) is 2.37. The summed E-state index contributed by atoms with van der Waals surface area (Å²) in [7, 11) is 0. The molecule has 0 saturated carbocycles. The summed E-state index contributed by atoms with van der Waals surface area (Å²) in [5, 5.41) is 10.4. The molecule has 8 heteroatoms. The maximum Gasteiger partial charge on any atom is 0.411 e. The summed E-state index contributed by atoms with van der Waals surface area (Å²) in [6.45, 7) is 6.65. The number of ether oxygens (including phenoxy) is 5. The minimum atomic E-state index is -0.706. The summed E-state index contributed by atoms with van der Waals surface area (Å²) in [6.07, 6.45) is -2.05. The van der Waals surface area contributed by atoms with E-state index in [-0.39, 0.29) is 13.2 Å². The smallest absolute Gasteiger partial charge is 0.411 e. The topological polar surface area (TPSA) is 86.7 Å². The van der Waals surface area contributed by atoms with Crippen molar-refractivity contribution in [2.45, 2.75) is 89.1 Å². The quantitative estimate of drug-likeness (QED) is 0.316. The van der Waals surface area contributed by atoms with Crippen LogP contribution in [0, 0.1) is 0 Å². The number of benzene rings is 3. The first-order valence-electron chi connectivity index (χ1n) is 15.0. The van der Waals surface area contributed by atoms with Crippen molar-refractivity contribution in [1.29, 1.82) is 0 Å². The molecule has 2 saturated heterocycles. The van der Waals surface area contributed by atoms with Crippen LogP contribution in [0.2, 0.25) is 0 Å². The van der Waals surface area contributed by atoms with Crippen molar-refractivity contribution >= 4 is 6.09 Å². The van der Waals surface area contributed by atoms with Crippen LogP contribution < -0.4 is 0 Å². The van der Waals surface area contributed by atoms with Crippen LogP contribution >= 0.6 is 0 Å². The number of likely N-dealkylation sites (tertiary alicyclic amines) is 1. The lowest BCUT2D eigenvalue weighted by atomic mass is 9.92. The Bertz CT molecular complexity index is 1270. The van der Waals surface area contributed by atoms with Gasteiger partial charge in [0.2, 0.25) is 0 Å². The Morgan fingerprint density at radius 3 is 1.84 bits per heavy atom. The zero-order valence-electron chi connectivity index (χ0n) is 25.2. The van der Waals surface area contributed by atoms with Crippen molar-refractivity contribution in [3.63, 3.8) is 0 Å². The van der Waals surface area contributed by atoms with Gasteiger partial charge in [-0.25, -0.2) is 4.79 Å². The van der Waals surface area contributed by atoms with Gasteiger partial charge >= 0.3 is 6.09 Å². The highest BCUT2D eigenvalue weighted by atomic mass is 16.6. The predicted molar refractivity (Wildman–Crippen MR) is 162 cm³/mol. The molecule has 0 bridgehead atoms. The molecule has 0 aromatic heterocycles. The third-order valence-corrected chi connectivity index (χ3v) is 7.76. The van der Waals surface area contributed by atoms with Gasteiger partial charge in [-0.2, -0.15) is 0 Å². The number of carbonyl (C=O) groups is 1. The Labute approximate surface area is 254 Å². The van der Waals surface area contributed by atoms with Gasteiger partial charge < -0.3 is 28.8 Å². The zero-order chi connectivity index (χ0) is 30.2. The molecule has 2 aliphatic rings. The second kappa shape index (κ2) is 14.5. The van der Waals surface area contributed by atoms with Crippen LogP contribution in [-0.4, -0.2) is 71.4 Å². The first kappa shape index (κ1) is 31.2. The van der Waals surface area contributed by atoms with Crippen LogP contribution in [0.3, 0.4) is 0 Å². The number of aliphatic hydroxyl groups excluding tert-OH is 1. The van der Waals surface area contributed by atoms with Gasteiger partial charge in [0.25, 0.3) is 0 Å². The summed E-state index contributed by atoms with van der Waals surface area (Å²) in [6, 6.07) is 28.8. The predicted octanol–water partition coefficient (Wildman–Crippen LogP) is 5.51. The molecule has 43 heavy (non-hydrogen) atoms. The van der Waals surface area contributed by atoms with Gasteiger partial charge in [0.1, 0.15) is 23.9 Å². The van der Waals surface area contributed by atoms with Crippen LogP contribution in [0.4, 0.5) is 4.79 Å². The number of aliphatic hydroxyl groups is 1. The number of carbonyl (C=O) groups excluding carboxylic acids is 1. The Kier molecular flexibility index (Phi) is 10.5. The molecular formula is C35H43NO7. The number of hydrogen-bond donors (Lipinski definition) is 1. The van der Waals surface area contributed by atoms with Crippen molar-refractivity contribution in [1.82, 2.24) is 4.90 Å². The summed E-state index contributed by atoms with van der Waals surface area (Å²) in [5.74, 6) is 0. The number of amides is 1. The van der Waals surface area contributed by atoms with E-state index < -0.39 is 48.2 Å². The molecule has 2 aliphatic heterocycles. The minimum Gasteiger partial charge on any atom is -0.444 e. The summed E-state index contributed by atoms with van der Waals surface area (Å²) < 4.78 is 32.0. The molecule has 8 nitrogen and oxygen atoms in total. The van der Waals surface area contributed by atoms with Crippen molar-refractivity contribution in [3.8, 4) is 0 Å². The maximum atomic E-state index is 13.6. The molecule has 6 atom stereocenters. The van der Waals surface area contributed by atoms with Gasteiger partial charge in [0.15, 0.2) is 0 Å². The van der Waals surface area contributed by atoms with E-state index in [9.17, 15) is 9.90 Å². The Morgan fingerprint density at radius 2 is 1.33 bits per heavy atom. The lowest BCUT2D eigenvalue weighted by Crippen LogP contribution is -2.64. The van der Waals surface area contributed by atoms with E-state index in [0.717, 1.165) is 16.7 Å². The average Bonchev–Trinajstić information content (AvgIpc) is 3.38. The first-order chi connectivity index (χ1) is 20.8. The number of rotatable bonds is 11. The van der Waals surface area contributed by atoms with Gasteiger partial charge in [-0.1, -0.05) is 91.0 Å². The molecule has 2 fully saturated rings. The Morgan fingerprint density at radius 1 is 0.814 bits per heavy atom. The van der Waals surface area contributed by atoms with E-state index in [0.29, 0.717) is 26.2 Å². The second-order valence-electron chi connectivity index (χ2n) is 12.2. The van der Waals surface area contributed by atoms with Crippen molar-refractivity contribution < 1.29 is 33.6 Å². The standard InChI is InChI=1S/C35H43NO7/c1-35(2,3)43-34(38)36-28(20-37)19-29-31(36)33(41-23-27-17-11-6-12-18-27)32(40-22-26-15-9-5-10-16-26)30(42-29)24-39-21-25-13-7-4-8-14-25/h4-18,28-33,37H,19-24H2,1-3H3/t28-,29+,30?,31?,32+,33-/m0/s1. The van der Waals surface area contributed by atoms with Gasteiger partial charge in [-0.3, -0.25) is 4.90 Å². The summed E-state index contributed by atoms with van der Waals surface area (Å²) >= 11 is 0. The van der Waals surface area contributed by atoms with Crippen molar-refractivity contribution in [2.75, 3.05) is 13.2 Å². The van der Waals surface area contributed by atoms with Crippen LogP contribution in [0.5, 0.6) is 0 Å². The molecule has 2 heterocycles. The number of hydrogen-bond acceptors (Lipinski definition) is 7. The van der Waals surface area contributed by atoms with Gasteiger partial charge in [-0.15, -0.1) is 0 Å². The molecule has 0 radical (unpaired) electrons. The average molecular weight is 590 g/mol. The molecule has 0 spiro atoms. The highest BCUT2D eigenvalue weighted by molar-refractivity contribution is 5.70. The molecule has 230 valence electrons. The third kappa shape index (κ3) is 8.22. The molecule has 0 aliphatic carbocycles. The largest absolute Gasteiger partial charge is 0.444 e. The van der Waals surface area contributed by atoms with Crippen molar-refractivity contribution in [2.24, 2.45) is 0 Å². The molecule has 1 amide bonds. The molecule has 1 N–H and O–H groups in total. The highest BCUT2D eigenvalue weighted by Crippen LogP contribution is 2.39. The molecular weight excluding hydrogens is 546 g/mol. The first-order valence-corrected chi connectivity index (χ1v) is 15.0. The third-order valence-electron chi connectivity index (χ3n) is 7.76. The number of fused-ring (bicyclic) bond motifs is 1. The van der Waals surface area contributed by atoms with E-state index in [4.69, 9.17) is 23.7 Å². The van der Waals surface area contributed by atoms with Crippen LogP contribution in [0.25, 0.3) is 0 Å². The monoisotopic (exact) mass is 589 g/mol. The minimum absolute atomic E-state index is 0.217. The van der Waals surface area contributed by atoms with Gasteiger partial charge in [0, 0.05) is 0 Å². The van der Waals surface area contributed by atoms with Gasteiger partial charge in [0.05, 0.1) is 51.2 Å². The van der Waals surface area contributed by atoms with Crippen LogP contribution in [-0.2, 0) is 43.5 Å². The highest BCUT2D eigenvalue weighted by Gasteiger charge is 2.57. The second-order valence-corrected chi connectivity index (χ2v) is 12.2. The van der Waals surface area contributed by atoms with E-state index in [1.165, 1.54) is 0 Å². The molecule has 3 aromatic carbocycles. The van der Waals surface area contributed by atoms with Crippen LogP contribution in [0.1, 0.15) is 43.9 Å². The van der Waals surface area contributed by atoms with E-state index in [1.54, 1.807) is 4.90 Å². The maximum absolute atomic E-state index is 13.6. The molecule has 2 unspecified atom stereocenters. The Balaban J connectivity index is 1.45. The lowest BCUT2D eigenvalue weighted by molar-refractivity contribution is -0.234. The Hall–Kier alpha value is -3.27. The lowest BCUT2D eigenvalue weighted by Gasteiger charge is -2.46. The molecule has 5 rings (SSSR count). The summed E-state index contributed by atoms with van der Waals surface area (Å²) in [4.78, 5) is 15.2. The normalized spacial score (nSPS) is 25.3. The molecule has 3 aromatic rings. The van der Waals surface area contributed by atoms with Crippen molar-refractivity contribution in [3.05, 3.63) is 108 Å². The van der Waals surface area contributed by atoms with Crippen LogP contribution in [0.15, 0.2) is 91.0 Å². The number of nitrogens with zero attached hydrogens (tertiary/aromatic N) is 1. The van der Waals surface area contributed by atoms with Gasteiger partial charge in [-0.05, 0) is 43.9 Å². The fourth-order valence-corrected chi connectivity index (χ4v) is 5.84. The fraction of sp³-hybridized carbons (Fsp3) is 0.457.